The fraction of sp³-hybridized carbons (Fsp3) is 0.409. The number of imidazole rings is 1. The Morgan fingerprint density at radius 3 is 2.69 bits per heavy atom. The number of hydrogen-bond acceptors (Lipinski definition) is 3. The van der Waals surface area contributed by atoms with E-state index in [1.807, 2.05) is 37.5 Å². The summed E-state index contributed by atoms with van der Waals surface area (Å²) in [5.41, 5.74) is 3.15. The summed E-state index contributed by atoms with van der Waals surface area (Å²) in [5.74, 6) is 1.77. The molecule has 6 nitrogen and oxygen atoms in total. The molecule has 7 heteroatoms. The van der Waals surface area contributed by atoms with Crippen LogP contribution in [0.4, 0.5) is 4.79 Å². The first kappa shape index (κ1) is 19.9. The normalized spacial score (nSPS) is 20.5. The predicted molar refractivity (Wildman–Crippen MR) is 115 cm³/mol. The zero-order valence-corrected chi connectivity index (χ0v) is 18.0. The molecule has 0 bridgehead atoms. The lowest BCUT2D eigenvalue weighted by Crippen LogP contribution is -2.42. The molecule has 1 saturated carbocycles. The summed E-state index contributed by atoms with van der Waals surface area (Å²) in [6.07, 6.45) is 7.56. The minimum Gasteiger partial charge on any atom is -0.465 e. The van der Waals surface area contributed by atoms with E-state index >= 15 is 0 Å². The summed E-state index contributed by atoms with van der Waals surface area (Å²) in [6, 6.07) is 10.0. The quantitative estimate of drug-likeness (QED) is 0.568. The van der Waals surface area contributed by atoms with Crippen LogP contribution in [0.2, 0.25) is 0 Å². The minimum absolute atomic E-state index is 0.0638. The van der Waals surface area contributed by atoms with Crippen LogP contribution in [-0.4, -0.2) is 31.6 Å². The van der Waals surface area contributed by atoms with Gasteiger partial charge in [0.25, 0.3) is 0 Å². The molecule has 3 aromatic rings. The smallest absolute Gasteiger partial charge is 0.404 e. The van der Waals surface area contributed by atoms with Gasteiger partial charge in [0.05, 0.1) is 5.69 Å². The van der Waals surface area contributed by atoms with Crippen LogP contribution < -0.4 is 5.32 Å². The summed E-state index contributed by atoms with van der Waals surface area (Å²) in [7, 11) is 0. The van der Waals surface area contributed by atoms with E-state index in [1.54, 1.807) is 0 Å². The van der Waals surface area contributed by atoms with Gasteiger partial charge in [-0.2, -0.15) is 0 Å². The minimum atomic E-state index is -0.945. The monoisotopic (exact) mass is 456 g/mol. The van der Waals surface area contributed by atoms with Crippen LogP contribution in [0.1, 0.15) is 48.7 Å². The lowest BCUT2D eigenvalue weighted by Gasteiger charge is -2.33. The number of halogens is 1. The van der Waals surface area contributed by atoms with E-state index in [4.69, 9.17) is 4.98 Å². The highest BCUT2D eigenvalue weighted by atomic mass is 79.9. The second kappa shape index (κ2) is 8.53. The molecule has 152 valence electrons. The first-order chi connectivity index (χ1) is 14.0. The Hall–Kier alpha value is -2.41. The summed E-state index contributed by atoms with van der Waals surface area (Å²) >= 11 is 3.59. The van der Waals surface area contributed by atoms with Crippen molar-refractivity contribution in [1.82, 2.24) is 19.7 Å². The maximum atomic E-state index is 11.4. The third-order valence-electron chi connectivity index (χ3n) is 6.04. The van der Waals surface area contributed by atoms with Crippen LogP contribution in [-0.2, 0) is 6.42 Å². The van der Waals surface area contributed by atoms with E-state index in [9.17, 15) is 9.90 Å². The molecule has 1 aromatic carbocycles. The van der Waals surface area contributed by atoms with Gasteiger partial charge in [-0.25, -0.2) is 9.78 Å². The van der Waals surface area contributed by atoms with Crippen LogP contribution in [0, 0.1) is 12.8 Å². The molecule has 1 unspecified atom stereocenters. The number of carbonyl (C=O) groups is 1. The highest BCUT2D eigenvalue weighted by Crippen LogP contribution is 2.38. The second-order valence-electron chi connectivity index (χ2n) is 7.85. The van der Waals surface area contributed by atoms with Crippen molar-refractivity contribution in [1.29, 1.82) is 0 Å². The van der Waals surface area contributed by atoms with E-state index in [0.29, 0.717) is 11.8 Å². The van der Waals surface area contributed by atoms with Gasteiger partial charge >= 0.3 is 6.09 Å². The Morgan fingerprint density at radius 1 is 1.28 bits per heavy atom. The largest absolute Gasteiger partial charge is 0.465 e. The molecular weight excluding hydrogens is 432 g/mol. The first-order valence-electron chi connectivity index (χ1n) is 10.1. The van der Waals surface area contributed by atoms with Crippen molar-refractivity contribution in [2.24, 2.45) is 5.92 Å². The number of nitrogens with zero attached hydrogens (tertiary/aromatic N) is 3. The van der Waals surface area contributed by atoms with Gasteiger partial charge in [0, 0.05) is 24.4 Å². The van der Waals surface area contributed by atoms with Crippen molar-refractivity contribution in [2.75, 3.05) is 0 Å². The number of amides is 1. The third-order valence-corrected chi connectivity index (χ3v) is 6.59. The maximum absolute atomic E-state index is 11.4. The van der Waals surface area contributed by atoms with Crippen LogP contribution in [0.25, 0.3) is 5.52 Å². The highest BCUT2D eigenvalue weighted by Gasteiger charge is 2.31. The molecule has 0 radical (unpaired) electrons. The summed E-state index contributed by atoms with van der Waals surface area (Å²) in [6.45, 7) is 1.99. The number of aromatic nitrogens is 3. The molecule has 2 N–H and O–H groups in total. The zero-order chi connectivity index (χ0) is 20.4. The summed E-state index contributed by atoms with van der Waals surface area (Å²) in [5, 5.41) is 12.1. The molecule has 1 aliphatic carbocycles. The highest BCUT2D eigenvalue weighted by molar-refractivity contribution is 9.10. The molecule has 4 rings (SSSR count). The SMILES string of the molecule is Cc1nccn2c(C3CCC(C(Cc4ccccc4)NC(=O)O)CC3)nc(Br)c12. The van der Waals surface area contributed by atoms with Crippen molar-refractivity contribution in [2.45, 2.75) is 51.0 Å². The Morgan fingerprint density at radius 2 is 2.00 bits per heavy atom. The molecule has 1 fully saturated rings. The van der Waals surface area contributed by atoms with Crippen molar-refractivity contribution in [3.8, 4) is 0 Å². The molecule has 2 aromatic heterocycles. The number of aryl methyl sites for hydroxylation is 1. The van der Waals surface area contributed by atoms with Crippen LogP contribution in [0.15, 0.2) is 47.3 Å². The van der Waals surface area contributed by atoms with Gasteiger partial charge in [0.15, 0.2) is 0 Å². The van der Waals surface area contributed by atoms with Crippen molar-refractivity contribution >= 4 is 27.5 Å². The second-order valence-corrected chi connectivity index (χ2v) is 8.60. The van der Waals surface area contributed by atoms with Crippen LogP contribution in [0.3, 0.4) is 0 Å². The Bertz CT molecular complexity index is 997. The third kappa shape index (κ3) is 4.29. The van der Waals surface area contributed by atoms with Crippen molar-refractivity contribution in [3.05, 3.63) is 64.4 Å². The molecule has 1 atom stereocenters. The van der Waals surface area contributed by atoms with E-state index in [0.717, 1.165) is 53.7 Å². The fourth-order valence-corrected chi connectivity index (χ4v) is 5.26. The van der Waals surface area contributed by atoms with Crippen LogP contribution >= 0.6 is 15.9 Å². The topological polar surface area (TPSA) is 79.5 Å². The molecule has 1 amide bonds. The lowest BCUT2D eigenvalue weighted by atomic mass is 9.76. The Labute approximate surface area is 178 Å². The summed E-state index contributed by atoms with van der Waals surface area (Å²) < 4.78 is 2.99. The fourth-order valence-electron chi connectivity index (χ4n) is 4.60. The number of rotatable bonds is 5. The number of carboxylic acid groups (broad SMARTS) is 1. The molecule has 29 heavy (non-hydrogen) atoms. The molecule has 0 saturated heterocycles. The first-order valence-corrected chi connectivity index (χ1v) is 10.8. The number of hydrogen-bond donors (Lipinski definition) is 2. The number of benzene rings is 1. The van der Waals surface area contributed by atoms with Gasteiger partial charge in [-0.1, -0.05) is 30.3 Å². The maximum Gasteiger partial charge on any atom is 0.404 e. The van der Waals surface area contributed by atoms with Gasteiger partial charge in [0.1, 0.15) is 15.9 Å². The predicted octanol–water partition coefficient (Wildman–Crippen LogP) is 4.95. The molecule has 0 spiro atoms. The molecular formula is C22H25BrN4O2. The average Bonchev–Trinajstić information content (AvgIpc) is 3.06. The van der Waals surface area contributed by atoms with Gasteiger partial charge in [0.2, 0.25) is 0 Å². The van der Waals surface area contributed by atoms with Crippen LogP contribution in [0.5, 0.6) is 0 Å². The number of fused-ring (bicyclic) bond motifs is 1. The van der Waals surface area contributed by atoms with E-state index < -0.39 is 6.09 Å². The van der Waals surface area contributed by atoms with E-state index in [-0.39, 0.29) is 6.04 Å². The van der Waals surface area contributed by atoms with E-state index in [1.165, 1.54) is 5.56 Å². The van der Waals surface area contributed by atoms with Gasteiger partial charge in [-0.15, -0.1) is 0 Å². The van der Waals surface area contributed by atoms with Gasteiger partial charge < -0.3 is 10.4 Å². The zero-order valence-electron chi connectivity index (χ0n) is 16.4. The molecule has 0 aliphatic heterocycles. The standard InChI is InChI=1S/C22H25BrN4O2/c1-14-19-20(23)26-21(27(19)12-11-24-14)17-9-7-16(8-10-17)18(25-22(28)29)13-15-5-3-2-4-6-15/h2-6,11-12,16-18,25H,7-10,13H2,1H3,(H,28,29). The van der Waals surface area contributed by atoms with Crippen molar-refractivity contribution < 1.29 is 9.90 Å². The average molecular weight is 457 g/mol. The number of nitrogens with one attached hydrogen (secondary N) is 1. The Kier molecular flexibility index (Phi) is 5.85. The lowest BCUT2D eigenvalue weighted by molar-refractivity contribution is 0.176. The van der Waals surface area contributed by atoms with E-state index in [2.05, 4.69) is 42.8 Å². The molecule has 1 aliphatic rings. The Balaban J connectivity index is 1.49. The molecule has 2 heterocycles. The van der Waals surface area contributed by atoms with Crippen molar-refractivity contribution in [3.63, 3.8) is 0 Å². The van der Waals surface area contributed by atoms with Gasteiger partial charge in [-0.05, 0) is 66.4 Å². The summed E-state index contributed by atoms with van der Waals surface area (Å²) in [4.78, 5) is 20.5. The van der Waals surface area contributed by atoms with Gasteiger partial charge in [-0.3, -0.25) is 9.38 Å².